The molecule has 0 spiro atoms. The van der Waals surface area contributed by atoms with Crippen molar-refractivity contribution in [2.45, 2.75) is 0 Å². The van der Waals surface area contributed by atoms with E-state index in [1.165, 1.54) is 21.5 Å². The van der Waals surface area contributed by atoms with Crippen LogP contribution in [0.4, 0.5) is 0 Å². The van der Waals surface area contributed by atoms with Crippen molar-refractivity contribution in [2.75, 3.05) is 0 Å². The fourth-order valence-corrected chi connectivity index (χ4v) is 6.20. The molecule has 0 N–H and O–H groups in total. The second-order valence-electron chi connectivity index (χ2n) is 11.3. The second kappa shape index (κ2) is 10.2. The van der Waals surface area contributed by atoms with Crippen LogP contribution in [-0.4, -0.2) is 15.0 Å². The predicted octanol–water partition coefficient (Wildman–Crippen LogP) is 10.7. The number of furan rings is 1. The average Bonchev–Trinajstić information content (AvgIpc) is 3.48. The lowest BCUT2D eigenvalue weighted by Crippen LogP contribution is -2.00. The van der Waals surface area contributed by atoms with Gasteiger partial charge in [0.2, 0.25) is 0 Å². The van der Waals surface area contributed by atoms with Crippen molar-refractivity contribution in [3.63, 3.8) is 0 Å². The molecule has 0 unspecified atom stereocenters. The molecule has 4 nitrogen and oxygen atoms in total. The van der Waals surface area contributed by atoms with Crippen LogP contribution in [0.1, 0.15) is 0 Å². The fraction of sp³-hybridized carbons (Fsp3) is 0. The summed E-state index contributed by atoms with van der Waals surface area (Å²) in [5.41, 5.74) is 6.98. The maximum Gasteiger partial charge on any atom is 0.164 e. The molecule has 0 aliphatic heterocycles. The van der Waals surface area contributed by atoms with Gasteiger partial charge in [-0.25, -0.2) is 15.0 Å². The monoisotopic (exact) mass is 575 g/mol. The first kappa shape index (κ1) is 25.4. The zero-order chi connectivity index (χ0) is 29.7. The van der Waals surface area contributed by atoms with E-state index in [4.69, 9.17) is 19.4 Å². The van der Waals surface area contributed by atoms with Crippen molar-refractivity contribution in [1.29, 1.82) is 0 Å². The molecule has 0 amide bonds. The van der Waals surface area contributed by atoms with Crippen LogP contribution in [0, 0.1) is 0 Å². The first-order valence-corrected chi connectivity index (χ1v) is 15.0. The van der Waals surface area contributed by atoms with Crippen molar-refractivity contribution < 1.29 is 4.42 Å². The van der Waals surface area contributed by atoms with E-state index in [1.54, 1.807) is 0 Å². The van der Waals surface area contributed by atoms with E-state index in [9.17, 15) is 0 Å². The summed E-state index contributed by atoms with van der Waals surface area (Å²) in [6.45, 7) is 0. The number of aromatic nitrogens is 3. The average molecular weight is 576 g/mol. The molecule has 9 aromatic rings. The first-order valence-electron chi connectivity index (χ1n) is 15.0. The molecule has 0 fully saturated rings. The maximum atomic E-state index is 6.16. The van der Waals surface area contributed by atoms with Crippen LogP contribution in [0.5, 0.6) is 0 Å². The van der Waals surface area contributed by atoms with Crippen molar-refractivity contribution in [1.82, 2.24) is 15.0 Å². The third-order valence-corrected chi connectivity index (χ3v) is 8.51. The van der Waals surface area contributed by atoms with Crippen LogP contribution < -0.4 is 0 Å². The van der Waals surface area contributed by atoms with Gasteiger partial charge in [0.05, 0.1) is 0 Å². The molecule has 2 aromatic heterocycles. The van der Waals surface area contributed by atoms with Crippen LogP contribution in [-0.2, 0) is 0 Å². The van der Waals surface area contributed by atoms with E-state index in [0.29, 0.717) is 17.5 Å². The lowest BCUT2D eigenvalue weighted by molar-refractivity contribution is 0.669. The van der Waals surface area contributed by atoms with Gasteiger partial charge in [-0.1, -0.05) is 127 Å². The van der Waals surface area contributed by atoms with Gasteiger partial charge < -0.3 is 4.42 Å². The van der Waals surface area contributed by atoms with E-state index in [1.807, 2.05) is 72.8 Å². The number of rotatable bonds is 4. The van der Waals surface area contributed by atoms with Gasteiger partial charge in [0.15, 0.2) is 17.5 Å². The van der Waals surface area contributed by atoms with Gasteiger partial charge in [-0.15, -0.1) is 0 Å². The quantitative estimate of drug-likeness (QED) is 0.196. The largest absolute Gasteiger partial charge is 0.456 e. The van der Waals surface area contributed by atoms with Gasteiger partial charge in [-0.3, -0.25) is 0 Å². The van der Waals surface area contributed by atoms with Crippen LogP contribution in [0.3, 0.4) is 0 Å². The first-order chi connectivity index (χ1) is 22.3. The van der Waals surface area contributed by atoms with Crippen molar-refractivity contribution >= 4 is 43.5 Å². The topological polar surface area (TPSA) is 51.8 Å². The number of fused-ring (bicyclic) bond motifs is 6. The molecule has 0 aliphatic rings. The smallest absolute Gasteiger partial charge is 0.164 e. The summed E-state index contributed by atoms with van der Waals surface area (Å²) in [6, 6.07) is 52.4. The van der Waals surface area contributed by atoms with Crippen molar-refractivity contribution in [3.8, 4) is 45.3 Å². The van der Waals surface area contributed by atoms with E-state index < -0.39 is 0 Å². The van der Waals surface area contributed by atoms with Crippen LogP contribution in [0.25, 0.3) is 88.8 Å². The highest BCUT2D eigenvalue weighted by molar-refractivity contribution is 6.16. The molecule has 9 rings (SSSR count). The van der Waals surface area contributed by atoms with Crippen LogP contribution in [0.15, 0.2) is 156 Å². The summed E-state index contributed by atoms with van der Waals surface area (Å²) in [7, 11) is 0. The zero-order valence-electron chi connectivity index (χ0n) is 24.2. The fourth-order valence-electron chi connectivity index (χ4n) is 6.20. The second-order valence-corrected chi connectivity index (χ2v) is 11.3. The van der Waals surface area contributed by atoms with Crippen molar-refractivity contribution in [3.05, 3.63) is 152 Å². The van der Waals surface area contributed by atoms with E-state index in [2.05, 4.69) is 78.9 Å². The lowest BCUT2D eigenvalue weighted by atomic mass is 9.95. The van der Waals surface area contributed by atoms with Crippen LogP contribution >= 0.6 is 0 Å². The number of benzene rings is 7. The van der Waals surface area contributed by atoms with Crippen molar-refractivity contribution in [2.24, 2.45) is 0 Å². The third-order valence-electron chi connectivity index (χ3n) is 8.51. The third kappa shape index (κ3) is 4.43. The Bertz CT molecular complexity index is 2460. The molecule has 0 saturated heterocycles. The summed E-state index contributed by atoms with van der Waals surface area (Å²) in [4.78, 5) is 14.6. The van der Waals surface area contributed by atoms with Gasteiger partial charge in [-0.05, 0) is 56.9 Å². The summed E-state index contributed by atoms with van der Waals surface area (Å²) in [5.74, 6) is 1.96. The Morgan fingerprint density at radius 1 is 0.311 bits per heavy atom. The summed E-state index contributed by atoms with van der Waals surface area (Å²) in [6.07, 6.45) is 0. The van der Waals surface area contributed by atoms with Crippen LogP contribution in [0.2, 0.25) is 0 Å². The minimum Gasteiger partial charge on any atom is -0.456 e. The molecule has 0 bridgehead atoms. The molecule has 0 atom stereocenters. The number of hydrogen-bond acceptors (Lipinski definition) is 4. The Kier molecular flexibility index (Phi) is 5.78. The SMILES string of the molecule is c1ccc(-c2nc(-c3ccccc3)nc(-c3ccc(-c4ccc5ccc6cc7oc8ccccc8c7cc6c5c4)cc3)n2)cc1. The number of hydrogen-bond donors (Lipinski definition) is 0. The molecular weight excluding hydrogens is 550 g/mol. The normalized spacial score (nSPS) is 11.6. The highest BCUT2D eigenvalue weighted by Gasteiger charge is 2.13. The number of para-hydroxylation sites is 1. The van der Waals surface area contributed by atoms with E-state index in [-0.39, 0.29) is 0 Å². The van der Waals surface area contributed by atoms with E-state index in [0.717, 1.165) is 49.8 Å². The summed E-state index contributed by atoms with van der Waals surface area (Å²) in [5, 5.41) is 7.10. The highest BCUT2D eigenvalue weighted by atomic mass is 16.3. The Labute approximate surface area is 259 Å². The maximum absolute atomic E-state index is 6.16. The lowest BCUT2D eigenvalue weighted by Gasteiger charge is -2.10. The molecule has 0 aliphatic carbocycles. The summed E-state index contributed by atoms with van der Waals surface area (Å²) >= 11 is 0. The Morgan fingerprint density at radius 3 is 1.51 bits per heavy atom. The van der Waals surface area contributed by atoms with E-state index >= 15 is 0 Å². The minimum atomic E-state index is 0.648. The highest BCUT2D eigenvalue weighted by Crippen LogP contribution is 2.36. The molecule has 4 heteroatoms. The van der Waals surface area contributed by atoms with Gasteiger partial charge in [0.1, 0.15) is 11.2 Å². The molecular formula is C41H25N3O. The van der Waals surface area contributed by atoms with Gasteiger partial charge in [0.25, 0.3) is 0 Å². The predicted molar refractivity (Wildman–Crippen MR) is 184 cm³/mol. The molecule has 7 aromatic carbocycles. The Hall–Kier alpha value is -6.13. The van der Waals surface area contributed by atoms with Gasteiger partial charge in [-0.2, -0.15) is 0 Å². The Balaban J connectivity index is 1.14. The number of nitrogens with zero attached hydrogens (tertiary/aromatic N) is 3. The Morgan fingerprint density at radius 2 is 0.822 bits per heavy atom. The summed E-state index contributed by atoms with van der Waals surface area (Å²) < 4.78 is 6.16. The molecule has 0 saturated carbocycles. The molecule has 0 radical (unpaired) electrons. The zero-order valence-corrected chi connectivity index (χ0v) is 24.2. The molecule has 2 heterocycles. The molecule has 45 heavy (non-hydrogen) atoms. The minimum absolute atomic E-state index is 0.648. The van der Waals surface area contributed by atoms with Gasteiger partial charge >= 0.3 is 0 Å². The molecule has 210 valence electrons. The standard InChI is InChI=1S/C41H25N3O/c1-3-9-28(10-4-1)39-42-40(29-11-5-2-6-12-29)44-41(43-39)30-19-15-26(16-20-30)31-21-17-27-18-22-32-24-38-36(25-35(32)34(27)23-31)33-13-7-8-14-37(33)45-38/h1-25H. The van der Waals surface area contributed by atoms with Gasteiger partial charge in [0, 0.05) is 27.5 Å².